The lowest BCUT2D eigenvalue weighted by Crippen LogP contribution is -2.53. The third kappa shape index (κ3) is 6.79. The second-order valence-electron chi connectivity index (χ2n) is 20.7. The fourth-order valence-corrected chi connectivity index (χ4v) is 11.9. The zero-order valence-electron chi connectivity index (χ0n) is 40.2. The standard InChI is InChI=1S/3C19H20O3/c3*1-11-13-7-6-12(22-5)10-14(13)19(4)9-8-15(20)18(2,3)17(19)16(11)21/h3*6-10,17H,1H2,2-5H3/t2*17-,19+;/m10./s1. The maximum Gasteiger partial charge on any atom is 0.168 e. The average Bonchev–Trinajstić information content (AvgIpc) is 3.28. The Hall–Kier alpha value is -6.48. The summed E-state index contributed by atoms with van der Waals surface area (Å²) in [5.41, 5.74) is 3.16. The molecule has 342 valence electrons. The van der Waals surface area contributed by atoms with Crippen molar-refractivity contribution >= 4 is 51.4 Å². The highest BCUT2D eigenvalue weighted by Gasteiger charge is 2.59. The smallest absolute Gasteiger partial charge is 0.168 e. The van der Waals surface area contributed by atoms with Gasteiger partial charge in [-0.15, -0.1) is 0 Å². The predicted octanol–water partition coefficient (Wildman–Crippen LogP) is 9.99. The van der Waals surface area contributed by atoms with Gasteiger partial charge in [-0.1, -0.05) is 118 Å². The molecule has 0 saturated carbocycles. The van der Waals surface area contributed by atoms with Gasteiger partial charge < -0.3 is 14.2 Å². The summed E-state index contributed by atoms with van der Waals surface area (Å²) in [4.78, 5) is 75.7. The van der Waals surface area contributed by atoms with Crippen LogP contribution in [0.1, 0.15) is 95.7 Å². The molecule has 9 rings (SSSR count). The van der Waals surface area contributed by atoms with Gasteiger partial charge in [-0.05, 0) is 88.0 Å². The number of fused-ring (bicyclic) bond motifs is 9. The van der Waals surface area contributed by atoms with Gasteiger partial charge in [0, 0.05) is 67.0 Å². The van der Waals surface area contributed by atoms with Gasteiger partial charge in [-0.25, -0.2) is 0 Å². The number of carbonyl (C=O) groups excluding carboxylic acids is 6. The summed E-state index contributed by atoms with van der Waals surface area (Å²) in [7, 11) is 4.86. The van der Waals surface area contributed by atoms with Crippen molar-refractivity contribution in [1.82, 2.24) is 0 Å². The van der Waals surface area contributed by atoms with E-state index in [0.29, 0.717) is 16.7 Å². The van der Waals surface area contributed by atoms with Crippen molar-refractivity contribution in [2.45, 2.75) is 78.6 Å². The minimum Gasteiger partial charge on any atom is -0.497 e. The van der Waals surface area contributed by atoms with Crippen LogP contribution in [0.3, 0.4) is 0 Å². The zero-order chi connectivity index (χ0) is 48.9. The summed E-state index contributed by atoms with van der Waals surface area (Å²) >= 11 is 0. The predicted molar refractivity (Wildman–Crippen MR) is 257 cm³/mol. The van der Waals surface area contributed by atoms with Gasteiger partial charge in [-0.3, -0.25) is 28.8 Å². The van der Waals surface area contributed by atoms with E-state index in [1.165, 1.54) is 0 Å². The third-order valence-electron chi connectivity index (χ3n) is 15.7. The highest BCUT2D eigenvalue weighted by molar-refractivity contribution is 6.27. The molecule has 0 aliphatic heterocycles. The van der Waals surface area contributed by atoms with Crippen LogP contribution < -0.4 is 14.2 Å². The van der Waals surface area contributed by atoms with Crippen LogP contribution in [-0.2, 0) is 45.0 Å². The lowest BCUT2D eigenvalue weighted by molar-refractivity contribution is -0.135. The molecule has 66 heavy (non-hydrogen) atoms. The van der Waals surface area contributed by atoms with Crippen LogP contribution in [0.2, 0.25) is 0 Å². The molecule has 0 aromatic heterocycles. The molecular weight excluding hydrogens is 829 g/mol. The molecule has 0 spiro atoms. The summed E-state index contributed by atoms with van der Waals surface area (Å²) in [6.45, 7) is 29.1. The van der Waals surface area contributed by atoms with E-state index >= 15 is 0 Å². The first-order valence-electron chi connectivity index (χ1n) is 22.2. The van der Waals surface area contributed by atoms with E-state index in [-0.39, 0.29) is 34.7 Å². The Morgan fingerprint density at radius 2 is 0.621 bits per heavy atom. The van der Waals surface area contributed by atoms with Gasteiger partial charge in [0.2, 0.25) is 0 Å². The van der Waals surface area contributed by atoms with Crippen molar-refractivity contribution in [3.05, 3.63) is 144 Å². The number of hydrogen-bond donors (Lipinski definition) is 0. The quantitative estimate of drug-likeness (QED) is 0.236. The molecule has 6 atom stereocenters. The van der Waals surface area contributed by atoms with Gasteiger partial charge in [0.25, 0.3) is 0 Å². The lowest BCUT2D eigenvalue weighted by Gasteiger charge is -2.49. The number of methoxy groups -OCH3 is 3. The number of Topliss-reactive ketones (excluding diaryl/α,β-unsaturated/α-hetero) is 3. The first-order valence-corrected chi connectivity index (χ1v) is 22.2. The van der Waals surface area contributed by atoms with E-state index < -0.39 is 50.2 Å². The van der Waals surface area contributed by atoms with Crippen LogP contribution >= 0.6 is 0 Å². The number of ether oxygens (including phenoxy) is 3. The summed E-state index contributed by atoms with van der Waals surface area (Å²) in [5.74, 6) is 0.747. The number of hydrogen-bond acceptors (Lipinski definition) is 9. The van der Waals surface area contributed by atoms with E-state index in [1.807, 2.05) is 135 Å². The first-order chi connectivity index (χ1) is 30.7. The molecule has 0 heterocycles. The molecule has 2 unspecified atom stereocenters. The fourth-order valence-electron chi connectivity index (χ4n) is 11.9. The molecule has 3 aromatic rings. The number of rotatable bonds is 3. The molecule has 6 aliphatic carbocycles. The van der Waals surface area contributed by atoms with Crippen molar-refractivity contribution in [1.29, 1.82) is 0 Å². The Labute approximate surface area is 388 Å². The van der Waals surface area contributed by atoms with Crippen molar-refractivity contribution in [3.63, 3.8) is 0 Å². The van der Waals surface area contributed by atoms with Gasteiger partial charge in [0.05, 0.1) is 21.3 Å². The maximum absolute atomic E-state index is 12.9. The Bertz CT molecular complexity index is 2520. The summed E-state index contributed by atoms with van der Waals surface area (Å²) in [5, 5.41) is 0. The Morgan fingerprint density at radius 1 is 0.394 bits per heavy atom. The van der Waals surface area contributed by atoms with Gasteiger partial charge in [0.15, 0.2) is 34.7 Å². The minimum atomic E-state index is -0.746. The number of benzene rings is 3. The number of ketones is 6. The van der Waals surface area contributed by atoms with Crippen molar-refractivity contribution in [2.24, 2.45) is 34.0 Å². The Morgan fingerprint density at radius 3 is 0.833 bits per heavy atom. The molecule has 0 radical (unpaired) electrons. The third-order valence-corrected chi connectivity index (χ3v) is 15.7. The van der Waals surface area contributed by atoms with Crippen LogP contribution in [-0.4, -0.2) is 56.0 Å². The molecule has 9 nitrogen and oxygen atoms in total. The van der Waals surface area contributed by atoms with Gasteiger partial charge in [-0.2, -0.15) is 0 Å². The number of carbonyl (C=O) groups is 6. The molecule has 0 N–H and O–H groups in total. The van der Waals surface area contributed by atoms with Crippen LogP contribution in [0, 0.1) is 34.0 Å². The molecule has 0 fully saturated rings. The second-order valence-corrected chi connectivity index (χ2v) is 20.7. The van der Waals surface area contributed by atoms with Crippen LogP contribution in [0.5, 0.6) is 17.2 Å². The van der Waals surface area contributed by atoms with Crippen molar-refractivity contribution < 1.29 is 43.0 Å². The number of allylic oxidation sites excluding steroid dienone is 9. The van der Waals surface area contributed by atoms with E-state index in [9.17, 15) is 28.8 Å². The molecule has 0 amide bonds. The van der Waals surface area contributed by atoms with Crippen LogP contribution in [0.25, 0.3) is 16.7 Å². The zero-order valence-corrected chi connectivity index (χ0v) is 40.2. The summed E-state index contributed by atoms with van der Waals surface area (Å²) < 4.78 is 16.0. The normalized spacial score (nSPS) is 29.1. The summed E-state index contributed by atoms with van der Waals surface area (Å²) in [6, 6.07) is 17.0. The molecule has 9 heteroatoms. The van der Waals surface area contributed by atoms with E-state index in [2.05, 4.69) is 19.7 Å². The maximum atomic E-state index is 12.9. The Kier molecular flexibility index (Phi) is 11.4. The fraction of sp³-hybridized carbons (Fsp3) is 0.368. The topological polar surface area (TPSA) is 130 Å². The molecule has 3 aromatic carbocycles. The first kappa shape index (κ1) is 47.5. The van der Waals surface area contributed by atoms with Gasteiger partial charge in [0.1, 0.15) is 17.2 Å². The Balaban J connectivity index is 0.000000147. The van der Waals surface area contributed by atoms with E-state index in [0.717, 1.165) is 50.6 Å². The second kappa shape index (κ2) is 15.9. The molecule has 0 saturated heterocycles. The highest BCUT2D eigenvalue weighted by atomic mass is 16.5. The van der Waals surface area contributed by atoms with Crippen molar-refractivity contribution in [3.8, 4) is 17.2 Å². The minimum absolute atomic E-state index is 0.0116. The highest BCUT2D eigenvalue weighted by Crippen LogP contribution is 2.57. The molecule has 0 bridgehead atoms. The van der Waals surface area contributed by atoms with E-state index in [1.54, 1.807) is 39.6 Å². The van der Waals surface area contributed by atoms with Crippen LogP contribution in [0.15, 0.2) is 111 Å². The van der Waals surface area contributed by atoms with Crippen molar-refractivity contribution in [2.75, 3.05) is 21.3 Å². The largest absolute Gasteiger partial charge is 0.497 e. The van der Waals surface area contributed by atoms with E-state index in [4.69, 9.17) is 14.2 Å². The monoisotopic (exact) mass is 888 g/mol. The summed E-state index contributed by atoms with van der Waals surface area (Å²) in [6.07, 6.45) is 10.4. The molecule has 6 aliphatic rings. The van der Waals surface area contributed by atoms with Crippen LogP contribution in [0.4, 0.5) is 0 Å². The van der Waals surface area contributed by atoms with Gasteiger partial charge >= 0.3 is 0 Å². The lowest BCUT2D eigenvalue weighted by atomic mass is 9.51. The molecular formula is C57H60O9. The SMILES string of the molecule is C=C1C(=O)C2C(C)(C)C(=O)C=CC2(C)c2cc(OC)ccc21.C=C1C(=O)[C@@H]2C(C)(C)C(=O)C=C[C@@]2(C)c2cc(OC)ccc21.C=C1C(=O)[C@H]2C(C)(C)C(=O)C=C[C@]2(C)c2cc(OC)ccc21. The average molecular weight is 889 g/mol.